The third-order valence-corrected chi connectivity index (χ3v) is 4.08. The van der Waals surface area contributed by atoms with E-state index in [0.29, 0.717) is 6.61 Å². The Kier molecular flexibility index (Phi) is 4.41. The Morgan fingerprint density at radius 2 is 2.05 bits per heavy atom. The number of hydrogen-bond donors (Lipinski definition) is 0. The molecule has 0 aromatic heterocycles. The van der Waals surface area contributed by atoms with Crippen LogP contribution < -0.4 is 0 Å². The largest absolute Gasteiger partial charge is 0.465 e. The van der Waals surface area contributed by atoms with Crippen molar-refractivity contribution in [3.63, 3.8) is 0 Å². The van der Waals surface area contributed by atoms with E-state index in [-0.39, 0.29) is 11.9 Å². The van der Waals surface area contributed by atoms with Crippen LogP contribution in [0.1, 0.15) is 38.7 Å². The summed E-state index contributed by atoms with van der Waals surface area (Å²) in [6.45, 7) is 4.45. The average Bonchev–Trinajstić information content (AvgIpc) is 2.48. The molecule has 1 aliphatic rings. The zero-order valence-electron chi connectivity index (χ0n) is 11.8. The van der Waals surface area contributed by atoms with Crippen LogP contribution in [-0.4, -0.2) is 12.6 Å². The Labute approximate surface area is 115 Å². The highest BCUT2D eigenvalue weighted by atomic mass is 16.5. The zero-order valence-corrected chi connectivity index (χ0v) is 11.8. The van der Waals surface area contributed by atoms with E-state index in [1.54, 1.807) is 0 Å². The van der Waals surface area contributed by atoms with Gasteiger partial charge in [0.25, 0.3) is 0 Å². The Hall–Kier alpha value is -1.57. The number of hydrogen-bond acceptors (Lipinski definition) is 2. The van der Waals surface area contributed by atoms with Gasteiger partial charge in [-0.25, -0.2) is 0 Å². The lowest BCUT2D eigenvalue weighted by Gasteiger charge is -2.39. The van der Waals surface area contributed by atoms with Crippen molar-refractivity contribution in [2.24, 2.45) is 5.92 Å². The lowest BCUT2D eigenvalue weighted by molar-refractivity contribution is -0.152. The SMILES string of the molecule is CCOC(=O)[C@@]1(c2ccccc2)CCC=C[C@@H]1CC. The average molecular weight is 258 g/mol. The molecule has 2 atom stereocenters. The van der Waals surface area contributed by atoms with Gasteiger partial charge in [0.1, 0.15) is 0 Å². The molecule has 102 valence electrons. The highest BCUT2D eigenvalue weighted by Crippen LogP contribution is 2.43. The molecule has 0 radical (unpaired) electrons. The van der Waals surface area contributed by atoms with E-state index in [1.165, 1.54) is 0 Å². The summed E-state index contributed by atoms with van der Waals surface area (Å²) in [5, 5.41) is 0. The second-order valence-corrected chi connectivity index (χ2v) is 5.04. The molecule has 1 aromatic carbocycles. The fourth-order valence-electron chi connectivity index (χ4n) is 3.13. The van der Waals surface area contributed by atoms with Crippen LogP contribution in [0.2, 0.25) is 0 Å². The van der Waals surface area contributed by atoms with Gasteiger partial charge in [0.2, 0.25) is 0 Å². The molecule has 0 aliphatic heterocycles. The molecule has 0 unspecified atom stereocenters. The molecule has 0 N–H and O–H groups in total. The predicted molar refractivity (Wildman–Crippen MR) is 76.9 cm³/mol. The number of esters is 1. The summed E-state index contributed by atoms with van der Waals surface area (Å²) in [5.74, 6) is 0.153. The molecule has 0 fully saturated rings. The molecule has 1 aliphatic carbocycles. The molecular weight excluding hydrogens is 236 g/mol. The molecule has 0 saturated heterocycles. The summed E-state index contributed by atoms with van der Waals surface area (Å²) in [6, 6.07) is 10.1. The standard InChI is InChI=1S/C17H22O2/c1-3-14-10-8-9-13-17(14,16(18)19-4-2)15-11-6-5-7-12-15/h5-8,10-12,14H,3-4,9,13H2,1-2H3/t14-,17-/m0/s1. The van der Waals surface area contributed by atoms with E-state index < -0.39 is 5.41 Å². The Bertz CT molecular complexity index is 450. The number of carbonyl (C=O) groups is 1. The minimum Gasteiger partial charge on any atom is -0.465 e. The maximum atomic E-state index is 12.6. The van der Waals surface area contributed by atoms with Crippen LogP contribution in [0.5, 0.6) is 0 Å². The van der Waals surface area contributed by atoms with E-state index in [2.05, 4.69) is 31.2 Å². The van der Waals surface area contributed by atoms with Crippen molar-refractivity contribution in [3.05, 3.63) is 48.0 Å². The smallest absolute Gasteiger partial charge is 0.317 e. The molecule has 1 aromatic rings. The molecule has 0 heterocycles. The van der Waals surface area contributed by atoms with E-state index in [0.717, 1.165) is 24.8 Å². The fraction of sp³-hybridized carbons (Fsp3) is 0.471. The second kappa shape index (κ2) is 6.05. The quantitative estimate of drug-likeness (QED) is 0.605. The number of allylic oxidation sites excluding steroid dienone is 2. The van der Waals surface area contributed by atoms with Crippen molar-refractivity contribution in [2.75, 3.05) is 6.61 Å². The minimum atomic E-state index is -0.499. The first-order valence-electron chi connectivity index (χ1n) is 7.15. The molecular formula is C17H22O2. The summed E-state index contributed by atoms with van der Waals surface area (Å²) in [4.78, 5) is 12.6. The van der Waals surface area contributed by atoms with Crippen molar-refractivity contribution in [1.82, 2.24) is 0 Å². The van der Waals surface area contributed by atoms with Crippen LogP contribution in [0.3, 0.4) is 0 Å². The lowest BCUT2D eigenvalue weighted by atomic mass is 9.64. The molecule has 0 bridgehead atoms. The van der Waals surface area contributed by atoms with Gasteiger partial charge in [-0.3, -0.25) is 4.79 Å². The van der Waals surface area contributed by atoms with Gasteiger partial charge in [0.05, 0.1) is 12.0 Å². The maximum Gasteiger partial charge on any atom is 0.317 e. The first-order valence-corrected chi connectivity index (χ1v) is 7.15. The Morgan fingerprint density at radius 1 is 1.32 bits per heavy atom. The first kappa shape index (κ1) is 13.9. The van der Waals surface area contributed by atoms with Crippen molar-refractivity contribution in [3.8, 4) is 0 Å². The molecule has 19 heavy (non-hydrogen) atoms. The predicted octanol–water partition coefficient (Wildman–Crippen LogP) is 3.86. The minimum absolute atomic E-state index is 0.0719. The second-order valence-electron chi connectivity index (χ2n) is 5.04. The monoisotopic (exact) mass is 258 g/mol. The summed E-state index contributed by atoms with van der Waals surface area (Å²) >= 11 is 0. The number of carbonyl (C=O) groups excluding carboxylic acids is 1. The van der Waals surface area contributed by atoms with E-state index >= 15 is 0 Å². The van der Waals surface area contributed by atoms with Crippen molar-refractivity contribution >= 4 is 5.97 Å². The van der Waals surface area contributed by atoms with Gasteiger partial charge in [-0.1, -0.05) is 49.4 Å². The van der Waals surface area contributed by atoms with Crippen LogP contribution in [0.25, 0.3) is 0 Å². The van der Waals surface area contributed by atoms with Gasteiger partial charge < -0.3 is 4.74 Å². The van der Waals surface area contributed by atoms with Gasteiger partial charge in [0.15, 0.2) is 0 Å². The zero-order chi connectivity index (χ0) is 13.7. The molecule has 2 heteroatoms. The lowest BCUT2D eigenvalue weighted by Crippen LogP contribution is -2.44. The summed E-state index contributed by atoms with van der Waals surface area (Å²) < 4.78 is 5.40. The normalized spacial score (nSPS) is 26.1. The maximum absolute atomic E-state index is 12.6. The van der Waals surface area contributed by atoms with Crippen LogP contribution in [0, 0.1) is 5.92 Å². The summed E-state index contributed by atoms with van der Waals surface area (Å²) in [6.07, 6.45) is 7.10. The highest BCUT2D eigenvalue weighted by Gasteiger charge is 2.47. The Balaban J connectivity index is 2.49. The van der Waals surface area contributed by atoms with Crippen molar-refractivity contribution in [1.29, 1.82) is 0 Å². The van der Waals surface area contributed by atoms with Crippen LogP contribution in [0.4, 0.5) is 0 Å². The van der Waals surface area contributed by atoms with Crippen molar-refractivity contribution < 1.29 is 9.53 Å². The first-order chi connectivity index (χ1) is 9.25. The van der Waals surface area contributed by atoms with Crippen LogP contribution in [-0.2, 0) is 14.9 Å². The van der Waals surface area contributed by atoms with Gasteiger partial charge in [-0.05, 0) is 37.7 Å². The number of ether oxygens (including phenoxy) is 1. The number of rotatable bonds is 4. The Morgan fingerprint density at radius 3 is 2.68 bits per heavy atom. The molecule has 2 nitrogen and oxygen atoms in total. The van der Waals surface area contributed by atoms with E-state index in [4.69, 9.17) is 4.74 Å². The van der Waals surface area contributed by atoms with Crippen molar-refractivity contribution in [2.45, 2.75) is 38.5 Å². The molecule has 0 saturated carbocycles. The number of benzene rings is 1. The summed E-state index contributed by atoms with van der Waals surface area (Å²) in [7, 11) is 0. The highest BCUT2D eigenvalue weighted by molar-refractivity contribution is 5.84. The molecule has 0 amide bonds. The third kappa shape index (κ3) is 2.44. The third-order valence-electron chi connectivity index (χ3n) is 4.08. The topological polar surface area (TPSA) is 26.3 Å². The summed E-state index contributed by atoms with van der Waals surface area (Å²) in [5.41, 5.74) is 0.588. The fourth-order valence-corrected chi connectivity index (χ4v) is 3.13. The van der Waals surface area contributed by atoms with Gasteiger partial charge in [0, 0.05) is 0 Å². The van der Waals surface area contributed by atoms with Crippen LogP contribution >= 0.6 is 0 Å². The molecule has 0 spiro atoms. The molecule has 2 rings (SSSR count). The van der Waals surface area contributed by atoms with Gasteiger partial charge in [-0.2, -0.15) is 0 Å². The van der Waals surface area contributed by atoms with Crippen LogP contribution in [0.15, 0.2) is 42.5 Å². The van der Waals surface area contributed by atoms with E-state index in [9.17, 15) is 4.79 Å². The van der Waals surface area contributed by atoms with Gasteiger partial charge in [-0.15, -0.1) is 0 Å². The van der Waals surface area contributed by atoms with Gasteiger partial charge >= 0.3 is 5.97 Å². The van der Waals surface area contributed by atoms with E-state index in [1.807, 2.05) is 25.1 Å².